The van der Waals surface area contributed by atoms with Gasteiger partial charge in [-0.05, 0) is 55.7 Å². The van der Waals surface area contributed by atoms with Crippen LogP contribution in [0.4, 0.5) is 5.69 Å². The zero-order valence-electron chi connectivity index (χ0n) is 15.4. The molecule has 0 saturated carbocycles. The van der Waals surface area contributed by atoms with Crippen molar-refractivity contribution in [1.82, 2.24) is 10.3 Å². The second kappa shape index (κ2) is 8.80. The number of amides is 1. The molecular weight excluding hydrogens is 350 g/mol. The minimum absolute atomic E-state index is 0.121. The zero-order valence-corrected chi connectivity index (χ0v) is 16.2. The van der Waals surface area contributed by atoms with Crippen LogP contribution in [0.5, 0.6) is 0 Å². The molecule has 2 rings (SSSR count). The van der Waals surface area contributed by atoms with Crippen molar-refractivity contribution in [3.63, 3.8) is 0 Å². The average molecular weight is 375 g/mol. The molecule has 0 radical (unpaired) electrons. The smallest absolute Gasteiger partial charge is 0.232 e. The summed E-state index contributed by atoms with van der Waals surface area (Å²) in [5, 5.41) is 2.80. The zero-order chi connectivity index (χ0) is 19.2. The van der Waals surface area contributed by atoms with E-state index < -0.39 is 10.0 Å². The third-order valence-corrected chi connectivity index (χ3v) is 5.05. The van der Waals surface area contributed by atoms with Crippen LogP contribution in [0.3, 0.4) is 0 Å². The summed E-state index contributed by atoms with van der Waals surface area (Å²) in [6.07, 6.45) is 3.55. The molecule has 1 N–H and O–H groups in total. The number of anilines is 1. The Morgan fingerprint density at radius 3 is 2.42 bits per heavy atom. The van der Waals surface area contributed by atoms with Gasteiger partial charge in [0, 0.05) is 19.2 Å². The van der Waals surface area contributed by atoms with Crippen molar-refractivity contribution in [1.29, 1.82) is 0 Å². The molecule has 0 spiro atoms. The Morgan fingerprint density at radius 2 is 1.85 bits per heavy atom. The van der Waals surface area contributed by atoms with E-state index in [0.29, 0.717) is 18.7 Å². The Bertz CT molecular complexity index is 831. The summed E-state index contributed by atoms with van der Waals surface area (Å²) in [6.45, 7) is 4.50. The van der Waals surface area contributed by atoms with Crippen LogP contribution < -0.4 is 9.62 Å². The van der Waals surface area contributed by atoms with E-state index in [4.69, 9.17) is 0 Å². The number of pyridine rings is 1. The van der Waals surface area contributed by atoms with Crippen molar-refractivity contribution in [2.75, 3.05) is 17.1 Å². The monoisotopic (exact) mass is 375 g/mol. The van der Waals surface area contributed by atoms with Crippen LogP contribution >= 0.6 is 0 Å². The number of hydrogen-bond donors (Lipinski definition) is 1. The molecule has 2 aromatic rings. The number of nitrogens with one attached hydrogen (secondary N) is 1. The maximum Gasteiger partial charge on any atom is 0.232 e. The van der Waals surface area contributed by atoms with E-state index in [2.05, 4.69) is 10.3 Å². The highest BCUT2D eigenvalue weighted by molar-refractivity contribution is 7.92. The van der Waals surface area contributed by atoms with Gasteiger partial charge in [0.1, 0.15) is 0 Å². The van der Waals surface area contributed by atoms with Gasteiger partial charge in [-0.25, -0.2) is 8.42 Å². The minimum Gasteiger partial charge on any atom is -0.350 e. The first kappa shape index (κ1) is 19.9. The van der Waals surface area contributed by atoms with Gasteiger partial charge in [0.05, 0.1) is 24.2 Å². The lowest BCUT2D eigenvalue weighted by atomic mass is 10.1. The molecule has 1 aromatic heterocycles. The number of carbonyl (C=O) groups is 1. The molecule has 0 bridgehead atoms. The molecule has 1 aromatic carbocycles. The standard InChI is InChI=1S/C19H25N3O3S/c1-15-11-16(2)13-18(12-15)22(26(3,24)25)10-6-8-19(23)21-14-17-7-4-5-9-20-17/h4-5,7,9,11-13H,6,8,10,14H2,1-3H3,(H,21,23). The Kier molecular flexibility index (Phi) is 6.74. The number of hydrogen-bond acceptors (Lipinski definition) is 4. The van der Waals surface area contributed by atoms with Crippen molar-refractivity contribution in [2.24, 2.45) is 0 Å². The van der Waals surface area contributed by atoms with Crippen LogP contribution in [0.1, 0.15) is 29.7 Å². The molecule has 140 valence electrons. The molecule has 1 amide bonds. The van der Waals surface area contributed by atoms with E-state index in [0.717, 1.165) is 16.8 Å². The van der Waals surface area contributed by atoms with E-state index in [-0.39, 0.29) is 18.9 Å². The normalized spacial score (nSPS) is 11.2. The fourth-order valence-corrected chi connectivity index (χ4v) is 3.69. The van der Waals surface area contributed by atoms with Crippen LogP contribution in [0.25, 0.3) is 0 Å². The third-order valence-electron chi connectivity index (χ3n) is 3.85. The molecule has 0 unspecified atom stereocenters. The summed E-state index contributed by atoms with van der Waals surface area (Å²) in [4.78, 5) is 16.1. The summed E-state index contributed by atoms with van der Waals surface area (Å²) >= 11 is 0. The topological polar surface area (TPSA) is 79.4 Å². The SMILES string of the molecule is Cc1cc(C)cc(N(CCCC(=O)NCc2ccccn2)S(C)(=O)=O)c1. The van der Waals surface area contributed by atoms with E-state index in [1.54, 1.807) is 6.20 Å². The Hall–Kier alpha value is -2.41. The van der Waals surface area contributed by atoms with Crippen molar-refractivity contribution >= 4 is 21.6 Å². The van der Waals surface area contributed by atoms with Gasteiger partial charge in [0.2, 0.25) is 15.9 Å². The largest absolute Gasteiger partial charge is 0.350 e. The van der Waals surface area contributed by atoms with Crippen LogP contribution in [-0.2, 0) is 21.4 Å². The molecular formula is C19H25N3O3S. The second-order valence-electron chi connectivity index (χ2n) is 6.38. The summed E-state index contributed by atoms with van der Waals surface area (Å²) in [5.74, 6) is -0.121. The maximum absolute atomic E-state index is 12.2. The predicted molar refractivity (Wildman–Crippen MR) is 103 cm³/mol. The molecule has 6 nitrogen and oxygen atoms in total. The van der Waals surface area contributed by atoms with E-state index in [9.17, 15) is 13.2 Å². The second-order valence-corrected chi connectivity index (χ2v) is 8.29. The van der Waals surface area contributed by atoms with Crippen molar-refractivity contribution in [3.8, 4) is 0 Å². The maximum atomic E-state index is 12.2. The van der Waals surface area contributed by atoms with E-state index in [1.165, 1.54) is 10.6 Å². The van der Waals surface area contributed by atoms with Gasteiger partial charge in [-0.3, -0.25) is 14.1 Å². The van der Waals surface area contributed by atoms with Crippen molar-refractivity contribution < 1.29 is 13.2 Å². The van der Waals surface area contributed by atoms with Gasteiger partial charge in [-0.15, -0.1) is 0 Å². The van der Waals surface area contributed by atoms with Gasteiger partial charge in [-0.2, -0.15) is 0 Å². The highest BCUT2D eigenvalue weighted by Gasteiger charge is 2.18. The molecule has 7 heteroatoms. The number of rotatable bonds is 8. The predicted octanol–water partition coefficient (Wildman–Crippen LogP) is 2.56. The highest BCUT2D eigenvalue weighted by Crippen LogP contribution is 2.21. The van der Waals surface area contributed by atoms with Gasteiger partial charge in [0.15, 0.2) is 0 Å². The summed E-state index contributed by atoms with van der Waals surface area (Å²) in [6, 6.07) is 11.2. The number of aryl methyl sites for hydroxylation is 2. The first-order valence-corrected chi connectivity index (χ1v) is 10.3. The molecule has 0 aliphatic heterocycles. The molecule has 0 fully saturated rings. The Morgan fingerprint density at radius 1 is 1.15 bits per heavy atom. The van der Waals surface area contributed by atoms with Gasteiger partial charge >= 0.3 is 0 Å². The van der Waals surface area contributed by atoms with Crippen LogP contribution in [0.15, 0.2) is 42.6 Å². The molecule has 0 aliphatic rings. The van der Waals surface area contributed by atoms with Crippen LogP contribution in [-0.4, -0.2) is 32.1 Å². The summed E-state index contributed by atoms with van der Waals surface area (Å²) < 4.78 is 25.7. The third kappa shape index (κ3) is 6.15. The molecule has 0 saturated heterocycles. The molecule has 26 heavy (non-hydrogen) atoms. The quantitative estimate of drug-likeness (QED) is 0.769. The fourth-order valence-electron chi connectivity index (χ4n) is 2.74. The summed E-state index contributed by atoms with van der Waals surface area (Å²) in [7, 11) is -3.41. The lowest BCUT2D eigenvalue weighted by Gasteiger charge is -2.23. The van der Waals surface area contributed by atoms with Crippen molar-refractivity contribution in [2.45, 2.75) is 33.2 Å². The number of benzene rings is 1. The van der Waals surface area contributed by atoms with Gasteiger partial charge < -0.3 is 5.32 Å². The first-order chi connectivity index (χ1) is 12.3. The van der Waals surface area contributed by atoms with Gasteiger partial charge in [-0.1, -0.05) is 12.1 Å². The van der Waals surface area contributed by atoms with Crippen LogP contribution in [0.2, 0.25) is 0 Å². The van der Waals surface area contributed by atoms with E-state index >= 15 is 0 Å². The average Bonchev–Trinajstić information content (AvgIpc) is 2.55. The molecule has 0 aliphatic carbocycles. The number of sulfonamides is 1. The lowest BCUT2D eigenvalue weighted by Crippen LogP contribution is -2.32. The number of carbonyl (C=O) groups excluding carboxylic acids is 1. The first-order valence-electron chi connectivity index (χ1n) is 8.48. The Labute approximate surface area is 155 Å². The minimum atomic E-state index is -3.41. The highest BCUT2D eigenvalue weighted by atomic mass is 32.2. The fraction of sp³-hybridized carbons (Fsp3) is 0.368. The van der Waals surface area contributed by atoms with E-state index in [1.807, 2.05) is 50.2 Å². The van der Waals surface area contributed by atoms with Crippen LogP contribution in [0, 0.1) is 13.8 Å². The molecule has 0 atom stereocenters. The Balaban J connectivity index is 1.92. The van der Waals surface area contributed by atoms with Crippen molar-refractivity contribution in [3.05, 3.63) is 59.4 Å². The van der Waals surface area contributed by atoms with Gasteiger partial charge in [0.25, 0.3) is 0 Å². The molecule has 1 heterocycles. The number of aromatic nitrogens is 1. The number of nitrogens with zero attached hydrogens (tertiary/aromatic N) is 2. The lowest BCUT2D eigenvalue weighted by molar-refractivity contribution is -0.121. The summed E-state index contributed by atoms with van der Waals surface area (Å²) in [5.41, 5.74) is 3.43.